The zero-order valence-corrected chi connectivity index (χ0v) is 13.1. The third-order valence-electron chi connectivity index (χ3n) is 3.98. The van der Waals surface area contributed by atoms with Crippen LogP contribution in [0.5, 0.6) is 0 Å². The number of pyridine rings is 1. The normalized spacial score (nSPS) is 24.9. The van der Waals surface area contributed by atoms with E-state index in [0.29, 0.717) is 11.5 Å². The van der Waals surface area contributed by atoms with Crippen LogP contribution in [-0.4, -0.2) is 11.0 Å². The molecule has 1 saturated carbocycles. The minimum Gasteiger partial charge on any atom is -0.380 e. The van der Waals surface area contributed by atoms with Crippen LogP contribution in [-0.2, 0) is 0 Å². The van der Waals surface area contributed by atoms with E-state index in [1.165, 1.54) is 25.7 Å². The lowest BCUT2D eigenvalue weighted by Gasteiger charge is -2.41. The minimum atomic E-state index is 0.368. The fourth-order valence-electron chi connectivity index (χ4n) is 3.03. The smallest absolute Gasteiger partial charge is 0.129 e. The molecule has 1 aliphatic carbocycles. The lowest BCUT2D eigenvalue weighted by atomic mass is 9.69. The third kappa shape index (κ3) is 3.25. The quantitative estimate of drug-likeness (QED) is 0.789. The molecule has 3 heteroatoms. The van der Waals surface area contributed by atoms with Crippen molar-refractivity contribution in [1.82, 2.24) is 4.98 Å². The van der Waals surface area contributed by atoms with E-state index in [1.54, 1.807) is 0 Å². The molecule has 2 unspecified atom stereocenters. The van der Waals surface area contributed by atoms with Crippen molar-refractivity contribution in [2.75, 3.05) is 5.32 Å². The molecule has 0 spiro atoms. The van der Waals surface area contributed by atoms with E-state index in [-0.39, 0.29) is 0 Å². The Hall–Kier alpha value is -0.570. The second-order valence-corrected chi connectivity index (χ2v) is 7.10. The Morgan fingerprint density at radius 2 is 2.00 bits per heavy atom. The van der Waals surface area contributed by atoms with Gasteiger partial charge in [0.1, 0.15) is 4.60 Å². The first-order valence-corrected chi connectivity index (χ1v) is 7.65. The summed E-state index contributed by atoms with van der Waals surface area (Å²) < 4.78 is 0.920. The number of hydrogen-bond donors (Lipinski definition) is 1. The molecule has 1 fully saturated rings. The van der Waals surface area contributed by atoms with Crippen molar-refractivity contribution in [1.29, 1.82) is 0 Å². The molecule has 1 aromatic rings. The Morgan fingerprint density at radius 3 is 2.67 bits per heavy atom. The first-order chi connectivity index (χ1) is 8.48. The SMILES string of the molecule is CC(C)(C)C1CCCCC1Nc1cccnc1Br. The van der Waals surface area contributed by atoms with E-state index in [0.717, 1.165) is 16.2 Å². The van der Waals surface area contributed by atoms with Gasteiger partial charge in [0.15, 0.2) is 0 Å². The van der Waals surface area contributed by atoms with Gasteiger partial charge < -0.3 is 5.32 Å². The standard InChI is InChI=1S/C15H23BrN2/c1-15(2,3)11-7-4-5-8-12(11)18-13-9-6-10-17-14(13)16/h6,9-12,18H,4-5,7-8H2,1-3H3. The number of aromatic nitrogens is 1. The lowest BCUT2D eigenvalue weighted by Crippen LogP contribution is -2.39. The average Bonchev–Trinajstić information content (AvgIpc) is 2.31. The van der Waals surface area contributed by atoms with Crippen LogP contribution in [0.25, 0.3) is 0 Å². The van der Waals surface area contributed by atoms with Crippen molar-refractivity contribution in [2.24, 2.45) is 11.3 Å². The second kappa shape index (κ2) is 5.60. The van der Waals surface area contributed by atoms with Crippen molar-refractivity contribution >= 4 is 21.6 Å². The van der Waals surface area contributed by atoms with E-state index in [4.69, 9.17) is 0 Å². The Balaban J connectivity index is 2.13. The monoisotopic (exact) mass is 310 g/mol. The summed E-state index contributed by atoms with van der Waals surface area (Å²) in [6.45, 7) is 7.07. The molecule has 1 aliphatic rings. The van der Waals surface area contributed by atoms with Crippen LogP contribution in [0.15, 0.2) is 22.9 Å². The van der Waals surface area contributed by atoms with Crippen LogP contribution >= 0.6 is 15.9 Å². The summed E-state index contributed by atoms with van der Waals surface area (Å²) in [6.07, 6.45) is 7.12. The van der Waals surface area contributed by atoms with E-state index in [1.807, 2.05) is 12.3 Å². The summed E-state index contributed by atoms with van der Waals surface area (Å²) in [5.41, 5.74) is 1.49. The van der Waals surface area contributed by atoms with Crippen LogP contribution < -0.4 is 5.32 Å². The highest BCUT2D eigenvalue weighted by Gasteiger charge is 2.34. The van der Waals surface area contributed by atoms with E-state index in [2.05, 4.69) is 53.1 Å². The highest BCUT2D eigenvalue weighted by Crippen LogP contribution is 2.39. The maximum absolute atomic E-state index is 4.29. The molecule has 0 saturated heterocycles. The van der Waals surface area contributed by atoms with Gasteiger partial charge in [-0.05, 0) is 52.2 Å². The van der Waals surface area contributed by atoms with Crippen molar-refractivity contribution in [3.63, 3.8) is 0 Å². The van der Waals surface area contributed by atoms with E-state index >= 15 is 0 Å². The minimum absolute atomic E-state index is 0.368. The Bertz CT molecular complexity index is 398. The van der Waals surface area contributed by atoms with Crippen LogP contribution in [0, 0.1) is 11.3 Å². The highest BCUT2D eigenvalue weighted by molar-refractivity contribution is 9.10. The topological polar surface area (TPSA) is 24.9 Å². The maximum Gasteiger partial charge on any atom is 0.129 e. The van der Waals surface area contributed by atoms with Gasteiger partial charge in [0.2, 0.25) is 0 Å². The molecule has 1 N–H and O–H groups in total. The zero-order chi connectivity index (χ0) is 13.2. The van der Waals surface area contributed by atoms with Gasteiger partial charge in [-0.3, -0.25) is 0 Å². The van der Waals surface area contributed by atoms with Gasteiger partial charge in [-0.15, -0.1) is 0 Å². The van der Waals surface area contributed by atoms with Gasteiger partial charge in [0, 0.05) is 12.2 Å². The Morgan fingerprint density at radius 1 is 1.28 bits per heavy atom. The van der Waals surface area contributed by atoms with Crippen LogP contribution in [0.2, 0.25) is 0 Å². The third-order valence-corrected chi connectivity index (χ3v) is 4.61. The van der Waals surface area contributed by atoms with Gasteiger partial charge in [0.05, 0.1) is 5.69 Å². The summed E-state index contributed by atoms with van der Waals surface area (Å²) in [5.74, 6) is 0.735. The molecule has 0 aromatic carbocycles. The van der Waals surface area contributed by atoms with E-state index < -0.39 is 0 Å². The molecular weight excluding hydrogens is 288 g/mol. The van der Waals surface area contributed by atoms with E-state index in [9.17, 15) is 0 Å². The number of halogens is 1. The highest BCUT2D eigenvalue weighted by atomic mass is 79.9. The summed E-state index contributed by atoms with van der Waals surface area (Å²) >= 11 is 3.52. The molecule has 2 nitrogen and oxygen atoms in total. The van der Waals surface area contributed by atoms with Gasteiger partial charge >= 0.3 is 0 Å². The molecule has 100 valence electrons. The molecule has 0 radical (unpaired) electrons. The summed E-state index contributed by atoms with van der Waals surface area (Å²) in [4.78, 5) is 4.29. The number of nitrogens with one attached hydrogen (secondary N) is 1. The lowest BCUT2D eigenvalue weighted by molar-refractivity contribution is 0.163. The second-order valence-electron chi connectivity index (χ2n) is 6.35. The van der Waals surface area contributed by atoms with Crippen LogP contribution in [0.3, 0.4) is 0 Å². The first kappa shape index (κ1) is 13.9. The molecular formula is C15H23BrN2. The average molecular weight is 311 g/mol. The van der Waals surface area contributed by atoms with Gasteiger partial charge in [0.25, 0.3) is 0 Å². The van der Waals surface area contributed by atoms with Gasteiger partial charge in [-0.1, -0.05) is 33.6 Å². The van der Waals surface area contributed by atoms with Crippen molar-refractivity contribution in [3.05, 3.63) is 22.9 Å². The predicted octanol–water partition coefficient (Wildman–Crippen LogP) is 4.86. The van der Waals surface area contributed by atoms with Crippen LogP contribution in [0.1, 0.15) is 46.5 Å². The predicted molar refractivity (Wildman–Crippen MR) is 80.8 cm³/mol. The Labute approximate surface area is 119 Å². The molecule has 0 amide bonds. The number of rotatable bonds is 2. The summed E-state index contributed by atoms with van der Waals surface area (Å²) in [7, 11) is 0. The van der Waals surface area contributed by atoms with Crippen molar-refractivity contribution < 1.29 is 0 Å². The van der Waals surface area contributed by atoms with Crippen LogP contribution in [0.4, 0.5) is 5.69 Å². The number of anilines is 1. The summed E-state index contributed by atoms with van der Waals surface area (Å²) in [5, 5.41) is 3.70. The maximum atomic E-state index is 4.29. The van der Waals surface area contributed by atoms with Crippen molar-refractivity contribution in [3.8, 4) is 0 Å². The van der Waals surface area contributed by atoms with Gasteiger partial charge in [-0.25, -0.2) is 4.98 Å². The molecule has 1 aromatic heterocycles. The molecule has 1 heterocycles. The largest absolute Gasteiger partial charge is 0.380 e. The molecule has 2 rings (SSSR count). The zero-order valence-electron chi connectivity index (χ0n) is 11.5. The number of nitrogens with zero attached hydrogens (tertiary/aromatic N) is 1. The summed E-state index contributed by atoms with van der Waals surface area (Å²) in [6, 6.07) is 4.66. The fraction of sp³-hybridized carbons (Fsp3) is 0.667. The molecule has 0 bridgehead atoms. The first-order valence-electron chi connectivity index (χ1n) is 6.85. The number of hydrogen-bond acceptors (Lipinski definition) is 2. The molecule has 18 heavy (non-hydrogen) atoms. The molecule has 0 aliphatic heterocycles. The van der Waals surface area contributed by atoms with Gasteiger partial charge in [-0.2, -0.15) is 0 Å². The van der Waals surface area contributed by atoms with Crippen molar-refractivity contribution in [2.45, 2.75) is 52.5 Å². The Kier molecular flexibility index (Phi) is 4.31. The fourth-order valence-corrected chi connectivity index (χ4v) is 3.40. The molecule has 2 atom stereocenters.